The molecule has 5 aromatic rings. The molecule has 8 atom stereocenters. The summed E-state index contributed by atoms with van der Waals surface area (Å²) in [5.41, 5.74) is 8.33. The summed E-state index contributed by atoms with van der Waals surface area (Å²) in [5.74, 6) is -10.3. The molecule has 2 aliphatic rings. The number of aromatic hydroxyl groups is 2. The van der Waals surface area contributed by atoms with Crippen LogP contribution in [-0.2, 0) is 78.4 Å². The first kappa shape index (κ1) is 69.9. The number of hydrogen-bond acceptors (Lipinski definition) is 14. The second-order valence-corrected chi connectivity index (χ2v) is 23.5. The van der Waals surface area contributed by atoms with E-state index in [1.807, 2.05) is 6.92 Å². The largest absolute Gasteiger partial charge is 0.508 e. The van der Waals surface area contributed by atoms with Gasteiger partial charge in [0.15, 0.2) is 0 Å². The predicted octanol–water partition coefficient (Wildman–Crippen LogP) is 1.66. The third-order valence-corrected chi connectivity index (χ3v) is 16.6. The molecule has 1 aromatic heterocycles. The summed E-state index contributed by atoms with van der Waals surface area (Å²) in [7, 11) is 1.35. The zero-order valence-corrected chi connectivity index (χ0v) is 52.1. The van der Waals surface area contributed by atoms with E-state index < -0.39 is 133 Å². The highest BCUT2D eigenvalue weighted by atomic mass is 35.5. The Morgan fingerprint density at radius 2 is 1.11 bits per heavy atom. The Morgan fingerprint density at radius 1 is 0.576 bits per heavy atom. The molecule has 0 aliphatic carbocycles. The van der Waals surface area contributed by atoms with Crippen molar-refractivity contribution in [2.24, 2.45) is 5.73 Å². The molecule has 2 fully saturated rings. The molecule has 27 heteroatoms. The lowest BCUT2D eigenvalue weighted by atomic mass is 10.00. The number of likely N-dealkylation sites (N-methyl/N-ethyl adjacent to an activating group) is 1. The number of halogens is 1. The molecule has 0 radical (unpaired) electrons. The van der Waals surface area contributed by atoms with Gasteiger partial charge in [-0.25, -0.2) is 0 Å². The predicted molar refractivity (Wildman–Crippen MR) is 339 cm³/mol. The molecule has 0 saturated carbocycles. The number of para-hydroxylation sites is 1. The van der Waals surface area contributed by atoms with Crippen LogP contribution in [-0.4, -0.2) is 177 Å². The van der Waals surface area contributed by atoms with Crippen molar-refractivity contribution in [3.63, 3.8) is 0 Å². The van der Waals surface area contributed by atoms with Crippen LogP contribution in [0.4, 0.5) is 0 Å². The van der Waals surface area contributed by atoms with Crippen LogP contribution in [0, 0.1) is 0 Å². The number of amides is 10. The summed E-state index contributed by atoms with van der Waals surface area (Å²) < 4.78 is 0. The van der Waals surface area contributed by atoms with Crippen LogP contribution < -0.4 is 48.3 Å². The van der Waals surface area contributed by atoms with Gasteiger partial charge in [-0.15, -0.1) is 0 Å². The normalized spacial score (nSPS) is 22.4. The number of carbonyl (C=O) groups excluding carboxylic acids is 10. The van der Waals surface area contributed by atoms with Gasteiger partial charge in [0.2, 0.25) is 59.1 Å². The minimum absolute atomic E-state index is 0.0287. The third-order valence-electron chi connectivity index (χ3n) is 16.3. The molecule has 492 valence electrons. The third kappa shape index (κ3) is 20.0. The minimum Gasteiger partial charge on any atom is -0.508 e. The van der Waals surface area contributed by atoms with Gasteiger partial charge in [0.1, 0.15) is 59.8 Å². The van der Waals surface area contributed by atoms with Crippen LogP contribution in [0.25, 0.3) is 10.9 Å². The van der Waals surface area contributed by atoms with Gasteiger partial charge in [-0.2, -0.15) is 0 Å². The van der Waals surface area contributed by atoms with E-state index in [1.54, 1.807) is 66.9 Å². The summed E-state index contributed by atoms with van der Waals surface area (Å²) >= 11 is 6.53. The van der Waals surface area contributed by atoms with Crippen molar-refractivity contribution in [2.75, 3.05) is 33.2 Å². The fourth-order valence-electron chi connectivity index (χ4n) is 11.2. The second kappa shape index (κ2) is 34.0. The molecule has 0 unspecified atom stereocenters. The molecule has 4 aromatic carbocycles. The Labute approximate surface area is 536 Å². The number of hydrogen-bond donors (Lipinski definition) is 13. The van der Waals surface area contributed by atoms with E-state index in [0.717, 1.165) is 9.80 Å². The van der Waals surface area contributed by atoms with Gasteiger partial charge in [-0.1, -0.05) is 105 Å². The summed E-state index contributed by atoms with van der Waals surface area (Å²) in [5, 5.41) is 52.6. The summed E-state index contributed by atoms with van der Waals surface area (Å²) in [6.45, 7) is 0.624. The van der Waals surface area contributed by atoms with Crippen LogP contribution in [0.2, 0.25) is 5.02 Å². The number of nitrogens with two attached hydrogens (primary N) is 1. The van der Waals surface area contributed by atoms with Gasteiger partial charge >= 0.3 is 5.97 Å². The average Bonchev–Trinajstić information content (AvgIpc) is 1.65. The maximum atomic E-state index is 15.0. The Hall–Kier alpha value is -9.56. The number of benzene rings is 4. The SMILES string of the molecule is CCCCC[C@@H]1NC(=O)[C@H](Cc2ccc(O)cc2)NC(=O)[C@H](Cc2ccccc2)N(C)C(=O)CNC(=O)[C@H](CCCCN)NC(=O)[C@H]2CCCN2C(=O)[C@H](CC(=O)O)NC(=O)[C@H](Cc2ccc(O)cc2)NC(=O)CNC(=O)[C@H](Cc2c[nH]c3c(Cl)cccc23)NC1=O. The van der Waals surface area contributed by atoms with Gasteiger partial charge in [-0.3, -0.25) is 52.7 Å². The number of unbranched alkanes of at least 4 members (excludes halogenated alkanes) is 3. The van der Waals surface area contributed by atoms with Crippen molar-refractivity contribution in [2.45, 2.75) is 145 Å². The zero-order chi connectivity index (χ0) is 66.4. The van der Waals surface area contributed by atoms with E-state index >= 15 is 0 Å². The molecule has 92 heavy (non-hydrogen) atoms. The first-order valence-corrected chi connectivity index (χ1v) is 31.2. The van der Waals surface area contributed by atoms with E-state index in [9.17, 15) is 68.1 Å². The lowest BCUT2D eigenvalue weighted by molar-refractivity contribution is -0.146. The van der Waals surface area contributed by atoms with Gasteiger partial charge < -0.3 is 78.4 Å². The highest BCUT2D eigenvalue weighted by molar-refractivity contribution is 6.35. The lowest BCUT2D eigenvalue weighted by Gasteiger charge is -2.31. The maximum absolute atomic E-state index is 15.0. The summed E-state index contributed by atoms with van der Waals surface area (Å²) in [4.78, 5) is 163. The molecule has 10 amide bonds. The number of carboxylic acids is 1. The van der Waals surface area contributed by atoms with Crippen molar-refractivity contribution in [3.8, 4) is 11.5 Å². The highest BCUT2D eigenvalue weighted by Gasteiger charge is 2.41. The number of phenols is 2. The number of nitrogens with zero attached hydrogens (tertiary/aromatic N) is 2. The number of fused-ring (bicyclic) bond motifs is 2. The standard InChI is InChI=1S/C65H81ClN12O14/c1-3-4-6-17-47-60(87)74-50(33-41-35-68-57-44(41)15-11-16-45(57)66)59(86)69-36-54(81)71-48(30-39-20-24-42(79)25-21-39)61(88)76-51(34-56(83)84)65(92)78-29-12-19-52(78)63(90)73-46(18-9-10-28-67)58(85)70-37-55(82)77(2)53(32-38-13-7-5-8-14-38)64(91)75-49(62(89)72-47)31-40-22-26-43(80)27-23-40/h5,7-8,11,13-16,20-27,35,46-53,68,79-80H,3-4,6,9-10,12,17-19,28-34,36-37,67H2,1-2H3,(H,69,86)(H,70,85)(H,71,81)(H,72,89)(H,73,90)(H,74,87)(H,75,91)(H,76,88)(H,83,84)/t46-,47-,48-,49-,50-,51-,52+,53-/m0/s1. The zero-order valence-electron chi connectivity index (χ0n) is 51.3. The van der Waals surface area contributed by atoms with E-state index in [0.29, 0.717) is 70.3 Å². The van der Waals surface area contributed by atoms with Crippen LogP contribution in [0.15, 0.2) is 103 Å². The first-order chi connectivity index (χ1) is 44.1. The molecule has 2 saturated heterocycles. The van der Waals surface area contributed by atoms with E-state index in [2.05, 4.69) is 47.5 Å². The van der Waals surface area contributed by atoms with Crippen molar-refractivity contribution in [1.82, 2.24) is 57.3 Å². The van der Waals surface area contributed by atoms with Crippen LogP contribution in [0.3, 0.4) is 0 Å². The number of H-pyrrole nitrogens is 1. The number of phenolic OH excluding ortho intramolecular Hbond substituents is 2. The topological polar surface area (TPSA) is 393 Å². The van der Waals surface area contributed by atoms with Crippen LogP contribution in [0.5, 0.6) is 11.5 Å². The number of aliphatic carboxylic acids is 1. The molecule has 14 N–H and O–H groups in total. The highest BCUT2D eigenvalue weighted by Crippen LogP contribution is 2.27. The average molecular weight is 1290 g/mol. The smallest absolute Gasteiger partial charge is 0.305 e. The lowest BCUT2D eigenvalue weighted by Crippen LogP contribution is -2.60. The van der Waals surface area contributed by atoms with Crippen molar-refractivity contribution >= 4 is 87.5 Å². The van der Waals surface area contributed by atoms with E-state index in [-0.39, 0.29) is 76.0 Å². The second-order valence-electron chi connectivity index (χ2n) is 23.1. The monoisotopic (exact) mass is 1290 g/mol. The van der Waals surface area contributed by atoms with Gasteiger partial charge in [0, 0.05) is 50.9 Å². The molecule has 0 bridgehead atoms. The Bertz CT molecular complexity index is 3420. The van der Waals surface area contributed by atoms with Gasteiger partial charge in [-0.05, 0) is 97.7 Å². The van der Waals surface area contributed by atoms with Crippen molar-refractivity contribution in [1.29, 1.82) is 0 Å². The van der Waals surface area contributed by atoms with Crippen LogP contribution >= 0.6 is 11.6 Å². The molecule has 2 aliphatic heterocycles. The van der Waals surface area contributed by atoms with E-state index in [4.69, 9.17) is 17.3 Å². The Balaban J connectivity index is 1.28. The van der Waals surface area contributed by atoms with E-state index in [1.165, 1.54) is 43.4 Å². The Kier molecular flexibility index (Phi) is 25.9. The molecular weight excluding hydrogens is 1210 g/mol. The van der Waals surface area contributed by atoms with Crippen molar-refractivity contribution < 1.29 is 68.1 Å². The number of rotatable bonds is 18. The van der Waals surface area contributed by atoms with Gasteiger partial charge in [0.05, 0.1) is 30.0 Å². The Morgan fingerprint density at radius 3 is 1.74 bits per heavy atom. The number of aromatic nitrogens is 1. The summed E-state index contributed by atoms with van der Waals surface area (Å²) in [6.07, 6.45) is 2.79. The first-order valence-electron chi connectivity index (χ1n) is 30.8. The molecule has 7 rings (SSSR count). The minimum atomic E-state index is -1.81. The number of nitrogens with one attached hydrogen (secondary N) is 9. The van der Waals surface area contributed by atoms with Crippen molar-refractivity contribution in [3.05, 3.63) is 131 Å². The molecule has 26 nitrogen and oxygen atoms in total. The summed E-state index contributed by atoms with van der Waals surface area (Å²) in [6, 6.07) is 13.7. The molecular formula is C65H81ClN12O14. The fraction of sp³-hybridized carbons (Fsp3) is 0.431. The molecule has 3 heterocycles. The molecule has 0 spiro atoms. The number of carboxylic acid groups (broad SMARTS) is 1. The number of carbonyl (C=O) groups is 11. The van der Waals surface area contributed by atoms with Crippen LogP contribution in [0.1, 0.15) is 93.4 Å². The number of aromatic amines is 1. The van der Waals surface area contributed by atoms with Gasteiger partial charge in [0.25, 0.3) is 0 Å². The quantitative estimate of drug-likeness (QED) is 0.0555. The maximum Gasteiger partial charge on any atom is 0.305 e. The fourth-order valence-corrected chi connectivity index (χ4v) is 11.4.